The Labute approximate surface area is 95.2 Å². The number of cyclic esters (lactones) is 2. The van der Waals surface area contributed by atoms with Crippen LogP contribution in [0.3, 0.4) is 0 Å². The highest BCUT2D eigenvalue weighted by atomic mass is 35.7. The highest BCUT2D eigenvalue weighted by Gasteiger charge is 2.43. The SMILES string of the molecule is O=C1OCCN1OP(=O)(Cl)N1CCOC1=O. The summed E-state index contributed by atoms with van der Waals surface area (Å²) in [6, 6.07) is 0. The summed E-state index contributed by atoms with van der Waals surface area (Å²) in [5, 5.41) is 0.722. The standard InChI is InChI=1S/C6H8ClN2O6P/c7-16(12,9-2-4-14-6(9)11)15-8-1-3-13-5(8)10/h1-4H2. The van der Waals surface area contributed by atoms with Crippen molar-refractivity contribution in [1.29, 1.82) is 0 Å². The molecule has 90 valence electrons. The quantitative estimate of drug-likeness (QED) is 0.716. The van der Waals surface area contributed by atoms with Crippen LogP contribution in [0.15, 0.2) is 0 Å². The van der Waals surface area contributed by atoms with Gasteiger partial charge in [-0.25, -0.2) is 18.8 Å². The van der Waals surface area contributed by atoms with Crippen molar-refractivity contribution in [3.8, 4) is 0 Å². The van der Waals surface area contributed by atoms with Crippen LogP contribution in [-0.4, -0.2) is 48.2 Å². The van der Waals surface area contributed by atoms with E-state index in [0.29, 0.717) is 0 Å². The van der Waals surface area contributed by atoms with Gasteiger partial charge in [0.1, 0.15) is 13.2 Å². The summed E-state index contributed by atoms with van der Waals surface area (Å²) in [6.45, 7) is -3.55. The van der Waals surface area contributed by atoms with Crippen molar-refractivity contribution in [3.05, 3.63) is 0 Å². The lowest BCUT2D eigenvalue weighted by Crippen LogP contribution is -2.28. The van der Waals surface area contributed by atoms with E-state index in [4.69, 9.17) is 15.9 Å². The predicted octanol–water partition coefficient (Wildman–Crippen LogP) is 1.17. The van der Waals surface area contributed by atoms with Gasteiger partial charge in [-0.2, -0.15) is 9.69 Å². The van der Waals surface area contributed by atoms with Gasteiger partial charge in [0.15, 0.2) is 0 Å². The first-order chi connectivity index (χ1) is 7.50. The molecule has 0 aliphatic carbocycles. The lowest BCUT2D eigenvalue weighted by molar-refractivity contribution is -0.00130. The van der Waals surface area contributed by atoms with Crippen molar-refractivity contribution < 1.29 is 28.3 Å². The van der Waals surface area contributed by atoms with Crippen molar-refractivity contribution in [1.82, 2.24) is 9.73 Å². The van der Waals surface area contributed by atoms with Gasteiger partial charge in [-0.1, -0.05) is 0 Å². The first-order valence-electron chi connectivity index (χ1n) is 4.39. The van der Waals surface area contributed by atoms with E-state index in [1.807, 2.05) is 0 Å². The van der Waals surface area contributed by atoms with Crippen LogP contribution in [0.25, 0.3) is 0 Å². The molecule has 10 heteroatoms. The second-order valence-corrected chi connectivity index (χ2v) is 5.82. The van der Waals surface area contributed by atoms with Gasteiger partial charge >= 0.3 is 19.1 Å². The smallest absolute Gasteiger partial charge is 0.434 e. The third kappa shape index (κ3) is 2.09. The molecule has 0 aromatic rings. The summed E-state index contributed by atoms with van der Waals surface area (Å²) in [7, 11) is 0. The average molecular weight is 271 g/mol. The maximum Gasteiger partial charge on any atom is 0.434 e. The van der Waals surface area contributed by atoms with Gasteiger partial charge in [0.2, 0.25) is 0 Å². The fraction of sp³-hybridized carbons (Fsp3) is 0.667. The van der Waals surface area contributed by atoms with Crippen LogP contribution < -0.4 is 0 Å². The molecular weight excluding hydrogens is 263 g/mol. The first-order valence-corrected chi connectivity index (χ1v) is 6.87. The molecule has 0 radical (unpaired) electrons. The number of hydroxylamine groups is 2. The molecule has 0 spiro atoms. The highest BCUT2D eigenvalue weighted by Crippen LogP contribution is 2.57. The molecule has 8 nitrogen and oxygen atoms in total. The van der Waals surface area contributed by atoms with Crippen molar-refractivity contribution in [2.75, 3.05) is 26.3 Å². The Bertz CT molecular complexity index is 376. The molecule has 0 bridgehead atoms. The van der Waals surface area contributed by atoms with Crippen molar-refractivity contribution in [2.45, 2.75) is 0 Å². The zero-order chi connectivity index (χ0) is 11.8. The van der Waals surface area contributed by atoms with Crippen molar-refractivity contribution in [2.24, 2.45) is 0 Å². The fourth-order valence-electron chi connectivity index (χ4n) is 1.22. The number of hydrogen-bond donors (Lipinski definition) is 0. The molecule has 2 amide bonds. The minimum atomic E-state index is -3.93. The number of ether oxygens (including phenoxy) is 2. The lowest BCUT2D eigenvalue weighted by Gasteiger charge is -2.21. The molecule has 2 fully saturated rings. The largest absolute Gasteiger partial charge is 0.447 e. The highest BCUT2D eigenvalue weighted by molar-refractivity contribution is 7.83. The predicted molar refractivity (Wildman–Crippen MR) is 50.7 cm³/mol. The first kappa shape index (κ1) is 11.5. The Hall–Kier alpha value is -0.980. The number of halogens is 1. The number of hydrogen-bond acceptors (Lipinski definition) is 6. The zero-order valence-electron chi connectivity index (χ0n) is 8.00. The van der Waals surface area contributed by atoms with E-state index < -0.39 is 19.1 Å². The molecule has 2 heterocycles. The zero-order valence-corrected chi connectivity index (χ0v) is 9.65. The van der Waals surface area contributed by atoms with Crippen LogP contribution in [0.2, 0.25) is 0 Å². The number of carbonyl (C=O) groups is 2. The van der Waals surface area contributed by atoms with E-state index in [0.717, 1.165) is 9.73 Å². The maximum atomic E-state index is 11.8. The second kappa shape index (κ2) is 4.12. The van der Waals surface area contributed by atoms with E-state index in [1.54, 1.807) is 0 Å². The molecule has 16 heavy (non-hydrogen) atoms. The normalized spacial score (nSPS) is 24.3. The molecule has 0 saturated carbocycles. The van der Waals surface area contributed by atoms with Crippen LogP contribution in [0.4, 0.5) is 9.59 Å². The topological polar surface area (TPSA) is 85.4 Å². The van der Waals surface area contributed by atoms with Crippen LogP contribution in [-0.2, 0) is 18.7 Å². The van der Waals surface area contributed by atoms with Gasteiger partial charge in [0, 0.05) is 0 Å². The number of carbonyl (C=O) groups excluding carboxylic acids is 2. The molecule has 0 aromatic carbocycles. The Morgan fingerprint density at radius 1 is 1.19 bits per heavy atom. The summed E-state index contributed by atoms with van der Waals surface area (Å²) in [6.07, 6.45) is -1.61. The third-order valence-corrected chi connectivity index (χ3v) is 4.02. The Kier molecular flexibility index (Phi) is 2.96. The molecule has 2 aliphatic heterocycles. The Morgan fingerprint density at radius 2 is 1.81 bits per heavy atom. The summed E-state index contributed by atoms with van der Waals surface area (Å²) in [4.78, 5) is 22.1. The van der Waals surface area contributed by atoms with E-state index in [2.05, 4.69) is 9.47 Å². The van der Waals surface area contributed by atoms with Gasteiger partial charge in [-0.15, -0.1) is 0 Å². The minimum Gasteiger partial charge on any atom is -0.447 e. The van der Waals surface area contributed by atoms with Crippen LogP contribution in [0.1, 0.15) is 0 Å². The molecule has 1 unspecified atom stereocenters. The van der Waals surface area contributed by atoms with E-state index in [9.17, 15) is 14.2 Å². The lowest BCUT2D eigenvalue weighted by atomic mass is 10.7. The van der Waals surface area contributed by atoms with E-state index in [-0.39, 0.29) is 26.3 Å². The molecule has 2 rings (SSSR count). The number of amides is 2. The van der Waals surface area contributed by atoms with Gasteiger partial charge in [-0.05, 0) is 11.2 Å². The number of rotatable bonds is 3. The van der Waals surface area contributed by atoms with Crippen molar-refractivity contribution >= 4 is 30.3 Å². The molecule has 2 saturated heterocycles. The van der Waals surface area contributed by atoms with Gasteiger partial charge in [-0.3, -0.25) is 0 Å². The van der Waals surface area contributed by atoms with Gasteiger partial charge < -0.3 is 9.47 Å². The fourth-order valence-corrected chi connectivity index (χ4v) is 2.91. The van der Waals surface area contributed by atoms with Gasteiger partial charge in [0.25, 0.3) is 0 Å². The molecule has 1 atom stereocenters. The van der Waals surface area contributed by atoms with Crippen LogP contribution in [0, 0.1) is 0 Å². The third-order valence-electron chi connectivity index (χ3n) is 1.95. The summed E-state index contributed by atoms with van der Waals surface area (Å²) < 4.78 is 26.5. The molecule has 2 aliphatic rings. The molecule has 0 aromatic heterocycles. The molecular formula is C6H8ClN2O6P. The minimum absolute atomic E-state index is 0.0580. The Morgan fingerprint density at radius 3 is 2.31 bits per heavy atom. The van der Waals surface area contributed by atoms with Crippen LogP contribution in [0.5, 0.6) is 0 Å². The average Bonchev–Trinajstić information content (AvgIpc) is 2.76. The monoisotopic (exact) mass is 270 g/mol. The summed E-state index contributed by atoms with van der Waals surface area (Å²) in [5.41, 5.74) is 0. The van der Waals surface area contributed by atoms with E-state index >= 15 is 0 Å². The van der Waals surface area contributed by atoms with Gasteiger partial charge in [0.05, 0.1) is 13.1 Å². The summed E-state index contributed by atoms with van der Waals surface area (Å²) >= 11 is 5.59. The number of nitrogens with zero attached hydrogens (tertiary/aromatic N) is 2. The maximum absolute atomic E-state index is 11.8. The van der Waals surface area contributed by atoms with E-state index in [1.165, 1.54) is 0 Å². The summed E-state index contributed by atoms with van der Waals surface area (Å²) in [5.74, 6) is 0. The second-order valence-electron chi connectivity index (χ2n) is 2.99. The van der Waals surface area contributed by atoms with Crippen molar-refractivity contribution in [3.63, 3.8) is 0 Å². The Balaban J connectivity index is 2.04. The van der Waals surface area contributed by atoms with Crippen LogP contribution >= 0.6 is 18.1 Å². The molecule has 0 N–H and O–H groups in total.